The Hall–Kier alpha value is -5.86. The highest BCUT2D eigenvalue weighted by atomic mass is 15.0. The van der Waals surface area contributed by atoms with Crippen molar-refractivity contribution in [3.63, 3.8) is 0 Å². The minimum Gasteiger partial charge on any atom is -0.309 e. The first-order chi connectivity index (χ1) is 23.1. The van der Waals surface area contributed by atoms with Gasteiger partial charge in [-0.2, -0.15) is 0 Å². The second kappa shape index (κ2) is 10.6. The van der Waals surface area contributed by atoms with Crippen LogP contribution in [0.25, 0.3) is 66.1 Å². The molecule has 0 saturated heterocycles. The van der Waals surface area contributed by atoms with Gasteiger partial charge in [-0.1, -0.05) is 135 Å². The topological polar surface area (TPSA) is 9.86 Å². The van der Waals surface area contributed by atoms with Crippen LogP contribution in [0.5, 0.6) is 0 Å². The number of hydrogen-bond acceptors (Lipinski definition) is 0. The molecule has 0 unspecified atom stereocenters. The van der Waals surface area contributed by atoms with E-state index in [-0.39, 0.29) is 5.41 Å². The van der Waals surface area contributed by atoms with Gasteiger partial charge in [-0.15, -0.1) is 0 Å². The number of para-hydroxylation sites is 3. The molecule has 2 heterocycles. The Morgan fingerprint density at radius 3 is 1.62 bits per heavy atom. The lowest BCUT2D eigenvalue weighted by Gasteiger charge is -2.29. The first-order valence-corrected chi connectivity index (χ1v) is 16.4. The van der Waals surface area contributed by atoms with Crippen LogP contribution in [-0.4, -0.2) is 9.13 Å². The van der Waals surface area contributed by atoms with Gasteiger partial charge in [-0.05, 0) is 70.8 Å². The van der Waals surface area contributed by atoms with Crippen molar-refractivity contribution in [2.75, 3.05) is 0 Å². The Bertz CT molecular complexity index is 2530. The van der Waals surface area contributed by atoms with Crippen molar-refractivity contribution in [2.45, 2.75) is 19.3 Å². The average molecular weight is 603 g/mol. The molecule has 2 nitrogen and oxygen atoms in total. The third-order valence-corrected chi connectivity index (χ3v) is 10.0. The standard InChI is InChI=1S/C45H34N2/c1-45(2,33-17-7-4-8-18-33)39-21-11-14-24-44(39)47-42-27-25-32(31-15-5-3-6-16-31)29-37(42)38-30-34(26-28-43(38)47)46-40-22-12-9-19-35(40)36-20-10-13-23-41(36)46/h3-30H,1-2H3. The fourth-order valence-corrected chi connectivity index (χ4v) is 7.63. The van der Waals surface area contributed by atoms with Crippen molar-refractivity contribution in [2.24, 2.45) is 0 Å². The summed E-state index contributed by atoms with van der Waals surface area (Å²) in [7, 11) is 0. The van der Waals surface area contributed by atoms with Crippen LogP contribution in [0.15, 0.2) is 170 Å². The fraction of sp³-hybridized carbons (Fsp3) is 0.0667. The van der Waals surface area contributed by atoms with E-state index in [4.69, 9.17) is 0 Å². The summed E-state index contributed by atoms with van der Waals surface area (Å²) in [5, 5.41) is 5.03. The van der Waals surface area contributed by atoms with Gasteiger partial charge in [0.25, 0.3) is 0 Å². The van der Waals surface area contributed by atoms with Crippen molar-refractivity contribution in [3.8, 4) is 22.5 Å². The molecule has 0 N–H and O–H groups in total. The van der Waals surface area contributed by atoms with Crippen LogP contribution in [0.2, 0.25) is 0 Å². The molecule has 9 aromatic rings. The molecule has 0 atom stereocenters. The maximum atomic E-state index is 2.48. The Labute approximate surface area is 274 Å². The molecule has 7 aromatic carbocycles. The van der Waals surface area contributed by atoms with Crippen LogP contribution in [0, 0.1) is 0 Å². The highest BCUT2D eigenvalue weighted by Gasteiger charge is 2.27. The molecule has 0 amide bonds. The van der Waals surface area contributed by atoms with E-state index >= 15 is 0 Å². The van der Waals surface area contributed by atoms with Crippen LogP contribution in [0.4, 0.5) is 0 Å². The van der Waals surface area contributed by atoms with E-state index in [0.29, 0.717) is 0 Å². The van der Waals surface area contributed by atoms with E-state index in [0.717, 1.165) is 5.69 Å². The molecule has 224 valence electrons. The van der Waals surface area contributed by atoms with E-state index < -0.39 is 0 Å². The molecule has 9 rings (SSSR count). The van der Waals surface area contributed by atoms with E-state index in [1.54, 1.807) is 0 Å². The normalized spacial score (nSPS) is 12.0. The van der Waals surface area contributed by atoms with Gasteiger partial charge in [0.1, 0.15) is 0 Å². The van der Waals surface area contributed by atoms with E-state index in [2.05, 4.69) is 193 Å². The smallest absolute Gasteiger partial charge is 0.0542 e. The number of benzene rings is 7. The van der Waals surface area contributed by atoms with Gasteiger partial charge in [0.2, 0.25) is 0 Å². The molecule has 0 aliphatic rings. The summed E-state index contributed by atoms with van der Waals surface area (Å²) in [6.45, 7) is 4.67. The minimum absolute atomic E-state index is 0.201. The molecule has 0 fully saturated rings. The molecule has 0 radical (unpaired) electrons. The molecule has 2 aromatic heterocycles. The number of fused-ring (bicyclic) bond motifs is 6. The highest BCUT2D eigenvalue weighted by Crippen LogP contribution is 2.41. The number of hydrogen-bond donors (Lipinski definition) is 0. The zero-order chi connectivity index (χ0) is 31.5. The monoisotopic (exact) mass is 602 g/mol. The number of rotatable bonds is 5. The molecule has 0 aliphatic carbocycles. The number of aromatic nitrogens is 2. The van der Waals surface area contributed by atoms with Crippen LogP contribution in [0.1, 0.15) is 25.0 Å². The molecule has 0 saturated carbocycles. The van der Waals surface area contributed by atoms with Crippen molar-refractivity contribution in [3.05, 3.63) is 181 Å². The van der Waals surface area contributed by atoms with Gasteiger partial charge in [0, 0.05) is 32.6 Å². The average Bonchev–Trinajstić information content (AvgIpc) is 3.64. The second-order valence-electron chi connectivity index (χ2n) is 13.0. The lowest BCUT2D eigenvalue weighted by atomic mass is 9.77. The molecular formula is C45H34N2. The summed E-state index contributed by atoms with van der Waals surface area (Å²) in [5.41, 5.74) is 12.0. The lowest BCUT2D eigenvalue weighted by Crippen LogP contribution is -2.21. The molecular weight excluding hydrogens is 569 g/mol. The minimum atomic E-state index is -0.201. The molecule has 2 heteroatoms. The molecule has 0 bridgehead atoms. The van der Waals surface area contributed by atoms with Crippen molar-refractivity contribution >= 4 is 43.6 Å². The molecule has 0 aliphatic heterocycles. The predicted molar refractivity (Wildman–Crippen MR) is 199 cm³/mol. The highest BCUT2D eigenvalue weighted by molar-refractivity contribution is 6.13. The SMILES string of the molecule is CC(C)(c1ccccc1)c1ccccc1-n1c2ccc(-c3ccccc3)cc2c2cc(-n3c4ccccc4c4ccccc43)ccc21. The van der Waals surface area contributed by atoms with Gasteiger partial charge in [0.05, 0.1) is 27.8 Å². The Balaban J connectivity index is 1.35. The Morgan fingerprint density at radius 2 is 0.915 bits per heavy atom. The summed E-state index contributed by atoms with van der Waals surface area (Å²) in [6.07, 6.45) is 0. The van der Waals surface area contributed by atoms with Crippen LogP contribution in [0.3, 0.4) is 0 Å². The summed E-state index contributed by atoms with van der Waals surface area (Å²) in [5.74, 6) is 0. The zero-order valence-electron chi connectivity index (χ0n) is 26.6. The largest absolute Gasteiger partial charge is 0.309 e. The first-order valence-electron chi connectivity index (χ1n) is 16.4. The summed E-state index contributed by atoms with van der Waals surface area (Å²) in [4.78, 5) is 0. The fourth-order valence-electron chi connectivity index (χ4n) is 7.63. The first kappa shape index (κ1) is 27.5. The summed E-state index contributed by atoms with van der Waals surface area (Å²) >= 11 is 0. The predicted octanol–water partition coefficient (Wildman–Crippen LogP) is 11.9. The van der Waals surface area contributed by atoms with Crippen LogP contribution < -0.4 is 0 Å². The van der Waals surface area contributed by atoms with Crippen molar-refractivity contribution in [1.82, 2.24) is 9.13 Å². The lowest BCUT2D eigenvalue weighted by molar-refractivity contribution is 0.637. The molecule has 47 heavy (non-hydrogen) atoms. The van der Waals surface area contributed by atoms with E-state index in [9.17, 15) is 0 Å². The van der Waals surface area contributed by atoms with Gasteiger partial charge in [-0.3, -0.25) is 0 Å². The second-order valence-corrected chi connectivity index (χ2v) is 13.0. The van der Waals surface area contributed by atoms with Gasteiger partial charge in [0.15, 0.2) is 0 Å². The summed E-state index contributed by atoms with van der Waals surface area (Å²) in [6, 6.07) is 61.9. The third kappa shape index (κ3) is 4.26. The van der Waals surface area contributed by atoms with Gasteiger partial charge in [-0.25, -0.2) is 0 Å². The maximum Gasteiger partial charge on any atom is 0.0542 e. The van der Waals surface area contributed by atoms with Crippen LogP contribution >= 0.6 is 0 Å². The Morgan fingerprint density at radius 1 is 0.383 bits per heavy atom. The van der Waals surface area contributed by atoms with Crippen molar-refractivity contribution in [1.29, 1.82) is 0 Å². The quantitative estimate of drug-likeness (QED) is 0.185. The van der Waals surface area contributed by atoms with Gasteiger partial charge < -0.3 is 9.13 Å². The zero-order valence-corrected chi connectivity index (χ0v) is 26.6. The van der Waals surface area contributed by atoms with Crippen LogP contribution in [-0.2, 0) is 5.41 Å². The third-order valence-electron chi connectivity index (χ3n) is 10.0. The maximum absolute atomic E-state index is 2.48. The van der Waals surface area contributed by atoms with Gasteiger partial charge >= 0.3 is 0 Å². The number of nitrogens with zero attached hydrogens (tertiary/aromatic N) is 2. The van der Waals surface area contributed by atoms with Crippen molar-refractivity contribution < 1.29 is 0 Å². The Kier molecular flexibility index (Phi) is 6.20. The van der Waals surface area contributed by atoms with E-state index in [1.807, 2.05) is 0 Å². The van der Waals surface area contributed by atoms with E-state index in [1.165, 1.54) is 71.6 Å². The molecule has 0 spiro atoms. The summed E-state index contributed by atoms with van der Waals surface area (Å²) < 4.78 is 4.90.